The van der Waals surface area contributed by atoms with Crippen molar-refractivity contribution in [3.63, 3.8) is 0 Å². The average Bonchev–Trinajstić information content (AvgIpc) is 2.65. The van der Waals surface area contributed by atoms with Crippen LogP contribution in [0.4, 0.5) is 19.0 Å². The van der Waals surface area contributed by atoms with Gasteiger partial charge in [0.15, 0.2) is 0 Å². The molecule has 0 aromatic carbocycles. The van der Waals surface area contributed by atoms with Crippen LogP contribution in [0.25, 0.3) is 0 Å². The number of aromatic nitrogens is 3. The maximum Gasteiger partial charge on any atom is 0.417 e. The van der Waals surface area contributed by atoms with Crippen molar-refractivity contribution in [1.82, 2.24) is 19.7 Å². The van der Waals surface area contributed by atoms with Crippen LogP contribution < -0.4 is 10.0 Å². The molecule has 0 aliphatic heterocycles. The highest BCUT2D eigenvalue weighted by Crippen LogP contribution is 2.28. The van der Waals surface area contributed by atoms with E-state index in [0.29, 0.717) is 18.7 Å². The van der Waals surface area contributed by atoms with Gasteiger partial charge in [-0.25, -0.2) is 28.1 Å². The van der Waals surface area contributed by atoms with Gasteiger partial charge in [0.05, 0.1) is 5.56 Å². The van der Waals surface area contributed by atoms with E-state index in [9.17, 15) is 21.6 Å². The number of aryl methyl sites for hydroxylation is 1. The number of pyridine rings is 1. The van der Waals surface area contributed by atoms with E-state index in [1.165, 1.54) is 6.07 Å². The van der Waals surface area contributed by atoms with Crippen molar-refractivity contribution in [2.24, 2.45) is 0 Å². The number of nitrogens with one attached hydrogen (secondary N) is 2. The summed E-state index contributed by atoms with van der Waals surface area (Å²) in [6, 6.07) is 3.82. The zero-order chi connectivity index (χ0) is 20.5. The van der Waals surface area contributed by atoms with Gasteiger partial charge in [0.1, 0.15) is 11.6 Å². The Morgan fingerprint density at radius 3 is 2.46 bits per heavy atom. The van der Waals surface area contributed by atoms with Crippen LogP contribution in [0.1, 0.15) is 24.2 Å². The van der Waals surface area contributed by atoms with E-state index in [-0.39, 0.29) is 18.9 Å². The Morgan fingerprint density at radius 2 is 1.82 bits per heavy atom. The molecule has 2 N–H and O–H groups in total. The third-order valence-electron chi connectivity index (χ3n) is 3.49. The highest BCUT2D eigenvalue weighted by Gasteiger charge is 2.30. The molecular weight excluding hydrogens is 395 g/mol. The Labute approximate surface area is 161 Å². The van der Waals surface area contributed by atoms with Gasteiger partial charge < -0.3 is 5.32 Å². The minimum Gasteiger partial charge on any atom is -0.369 e. The number of rotatable bonds is 10. The summed E-state index contributed by atoms with van der Waals surface area (Å²) in [7, 11) is -3.58. The molecule has 0 aliphatic rings. The van der Waals surface area contributed by atoms with Crippen LogP contribution in [0.2, 0.25) is 0 Å². The monoisotopic (exact) mass is 415 g/mol. The zero-order valence-electron chi connectivity index (χ0n) is 14.9. The predicted molar refractivity (Wildman–Crippen MR) is 98.8 cm³/mol. The highest BCUT2D eigenvalue weighted by atomic mass is 32.2. The summed E-state index contributed by atoms with van der Waals surface area (Å²) in [5.41, 5.74) is -0.845. The van der Waals surface area contributed by atoms with Crippen molar-refractivity contribution in [3.8, 4) is 0 Å². The lowest BCUT2D eigenvalue weighted by Crippen LogP contribution is -2.27. The van der Waals surface area contributed by atoms with Gasteiger partial charge in [-0.15, -0.1) is 0 Å². The molecule has 11 heteroatoms. The number of anilines is 1. The molecule has 0 unspecified atom stereocenters. The van der Waals surface area contributed by atoms with E-state index >= 15 is 0 Å². The molecule has 0 bridgehead atoms. The van der Waals surface area contributed by atoms with Gasteiger partial charge in [-0.2, -0.15) is 13.2 Å². The molecule has 152 valence electrons. The van der Waals surface area contributed by atoms with E-state index in [1.54, 1.807) is 24.5 Å². The summed E-state index contributed by atoms with van der Waals surface area (Å²) >= 11 is 0. The van der Waals surface area contributed by atoms with E-state index in [4.69, 9.17) is 0 Å². The first kappa shape index (κ1) is 21.8. The van der Waals surface area contributed by atoms with Crippen LogP contribution in [0, 0.1) is 0 Å². The first-order valence-electron chi connectivity index (χ1n) is 8.45. The SMILES string of the molecule is O=S(=O)(/C=C/CCCc1ncccn1)NCCNc1ccc(C(F)(F)F)cn1. The van der Waals surface area contributed by atoms with E-state index in [0.717, 1.165) is 24.1 Å². The van der Waals surface area contributed by atoms with Crippen molar-refractivity contribution < 1.29 is 21.6 Å². The molecule has 0 radical (unpaired) electrons. The van der Waals surface area contributed by atoms with Crippen LogP contribution in [-0.2, 0) is 22.6 Å². The van der Waals surface area contributed by atoms with Crippen LogP contribution in [0.5, 0.6) is 0 Å². The number of nitrogens with zero attached hydrogens (tertiary/aromatic N) is 3. The standard InChI is InChI=1S/C17H20F3N5O2S/c18-17(19,20)14-6-7-16(24-13-14)23-10-11-25-28(26,27)12-3-1-2-5-15-21-8-4-9-22-15/h3-4,6-9,12-13,25H,1-2,5,10-11H2,(H,23,24)/b12-3+. The fourth-order valence-corrected chi connectivity index (χ4v) is 3.00. The molecule has 2 heterocycles. The predicted octanol–water partition coefficient (Wildman–Crippen LogP) is 2.76. The van der Waals surface area contributed by atoms with Gasteiger partial charge in [-0.1, -0.05) is 6.08 Å². The second-order valence-electron chi connectivity index (χ2n) is 5.73. The maximum absolute atomic E-state index is 12.4. The fraction of sp³-hybridized carbons (Fsp3) is 0.353. The van der Waals surface area contributed by atoms with Crippen molar-refractivity contribution in [3.05, 3.63) is 59.7 Å². The summed E-state index contributed by atoms with van der Waals surface area (Å²) in [5.74, 6) is 0.936. The number of unbranched alkanes of at least 4 members (excludes halogenated alkanes) is 1. The van der Waals surface area contributed by atoms with Gasteiger partial charge in [0, 0.05) is 43.5 Å². The van der Waals surface area contributed by atoms with Crippen molar-refractivity contribution in [2.45, 2.75) is 25.4 Å². The Morgan fingerprint density at radius 1 is 1.07 bits per heavy atom. The largest absolute Gasteiger partial charge is 0.417 e. The third kappa shape index (κ3) is 8.01. The molecule has 0 amide bonds. The minimum absolute atomic E-state index is 0.0627. The van der Waals surface area contributed by atoms with Crippen LogP contribution in [0.15, 0.2) is 48.3 Å². The molecule has 0 atom stereocenters. The quantitative estimate of drug-likeness (QED) is 0.579. The Balaban J connectivity index is 1.65. The summed E-state index contributed by atoms with van der Waals surface area (Å²) in [4.78, 5) is 11.8. The van der Waals surface area contributed by atoms with Crippen molar-refractivity contribution >= 4 is 15.8 Å². The Hall–Kier alpha value is -2.53. The molecule has 2 rings (SSSR count). The van der Waals surface area contributed by atoms with E-state index in [2.05, 4.69) is 25.0 Å². The molecule has 2 aromatic heterocycles. The smallest absolute Gasteiger partial charge is 0.369 e. The number of hydrogen-bond donors (Lipinski definition) is 2. The minimum atomic E-state index is -4.44. The summed E-state index contributed by atoms with van der Waals surface area (Å²) in [6.45, 7) is 0.240. The molecule has 0 fully saturated rings. The van der Waals surface area contributed by atoms with Gasteiger partial charge in [-0.3, -0.25) is 0 Å². The average molecular weight is 415 g/mol. The van der Waals surface area contributed by atoms with Crippen LogP contribution >= 0.6 is 0 Å². The molecule has 0 spiro atoms. The normalized spacial score (nSPS) is 12.4. The van der Waals surface area contributed by atoms with E-state index < -0.39 is 21.8 Å². The second kappa shape index (κ2) is 10.1. The molecule has 28 heavy (non-hydrogen) atoms. The topological polar surface area (TPSA) is 96.9 Å². The van der Waals surface area contributed by atoms with Gasteiger partial charge in [0.2, 0.25) is 10.0 Å². The van der Waals surface area contributed by atoms with Crippen molar-refractivity contribution in [2.75, 3.05) is 18.4 Å². The second-order valence-corrected chi connectivity index (χ2v) is 7.38. The molecule has 0 saturated carbocycles. The number of alkyl halides is 3. The van der Waals surface area contributed by atoms with Crippen molar-refractivity contribution in [1.29, 1.82) is 0 Å². The summed E-state index contributed by atoms with van der Waals surface area (Å²) in [6.07, 6.45) is 3.07. The first-order chi connectivity index (χ1) is 13.3. The fourth-order valence-electron chi connectivity index (χ4n) is 2.13. The number of sulfonamides is 1. The maximum atomic E-state index is 12.4. The van der Waals surface area contributed by atoms with Gasteiger partial charge in [-0.05, 0) is 31.0 Å². The van der Waals surface area contributed by atoms with E-state index in [1.807, 2.05) is 0 Å². The molecular formula is C17H20F3N5O2S. The zero-order valence-corrected chi connectivity index (χ0v) is 15.7. The van der Waals surface area contributed by atoms with Crippen LogP contribution in [-0.4, -0.2) is 36.5 Å². The lowest BCUT2D eigenvalue weighted by molar-refractivity contribution is -0.137. The summed E-state index contributed by atoms with van der Waals surface area (Å²) < 4.78 is 63.4. The molecule has 2 aromatic rings. The Bertz CT molecular complexity index is 857. The highest BCUT2D eigenvalue weighted by molar-refractivity contribution is 7.92. The number of allylic oxidation sites excluding steroid dienone is 1. The first-order valence-corrected chi connectivity index (χ1v) is 10.0. The third-order valence-corrected chi connectivity index (χ3v) is 4.65. The number of halogens is 3. The van der Waals surface area contributed by atoms with Gasteiger partial charge >= 0.3 is 6.18 Å². The molecule has 0 saturated heterocycles. The van der Waals surface area contributed by atoms with Crippen LogP contribution in [0.3, 0.4) is 0 Å². The number of hydrogen-bond acceptors (Lipinski definition) is 6. The molecule has 0 aliphatic carbocycles. The summed E-state index contributed by atoms with van der Waals surface area (Å²) in [5, 5.41) is 3.84. The van der Waals surface area contributed by atoms with Gasteiger partial charge in [0.25, 0.3) is 0 Å². The lowest BCUT2D eigenvalue weighted by atomic mass is 10.2. The Kier molecular flexibility index (Phi) is 7.88. The lowest BCUT2D eigenvalue weighted by Gasteiger charge is -2.09. The molecule has 7 nitrogen and oxygen atoms in total.